The van der Waals surface area contributed by atoms with E-state index in [1.54, 1.807) is 36.1 Å². The molecular weight excluding hydrogens is 376 g/mol. The molecule has 1 aliphatic heterocycles. The van der Waals surface area contributed by atoms with E-state index >= 15 is 0 Å². The maximum atomic E-state index is 12.9. The Hall–Kier alpha value is -1.61. The molecule has 0 unspecified atom stereocenters. The number of sulfonamides is 1. The van der Waals surface area contributed by atoms with Crippen LogP contribution < -0.4 is 5.32 Å². The first kappa shape index (κ1) is 19.2. The van der Waals surface area contributed by atoms with Crippen LogP contribution in [0.1, 0.15) is 18.5 Å². The van der Waals surface area contributed by atoms with Crippen LogP contribution in [0.2, 0.25) is 5.02 Å². The Bertz CT molecular complexity index is 841. The Labute approximate surface area is 158 Å². The van der Waals surface area contributed by atoms with Crippen LogP contribution in [0.15, 0.2) is 35.4 Å². The summed E-state index contributed by atoms with van der Waals surface area (Å²) in [5, 5.41) is 17.1. The van der Waals surface area contributed by atoms with E-state index in [4.69, 9.17) is 11.6 Å². The molecule has 0 saturated carbocycles. The molecule has 0 bridgehead atoms. The van der Waals surface area contributed by atoms with Crippen LogP contribution in [-0.2, 0) is 23.6 Å². The molecule has 9 heteroatoms. The van der Waals surface area contributed by atoms with Crippen molar-refractivity contribution in [1.82, 2.24) is 14.1 Å². The Balaban J connectivity index is 1.72. The molecule has 1 aromatic heterocycles. The number of aliphatic hydroxyl groups excluding tert-OH is 1. The van der Waals surface area contributed by atoms with Crippen LogP contribution in [-0.4, -0.2) is 47.3 Å². The van der Waals surface area contributed by atoms with Crippen LogP contribution in [0.4, 0.5) is 5.69 Å². The molecule has 0 atom stereocenters. The van der Waals surface area contributed by atoms with Crippen molar-refractivity contribution in [2.45, 2.75) is 24.3 Å². The van der Waals surface area contributed by atoms with Gasteiger partial charge in [0, 0.05) is 32.4 Å². The van der Waals surface area contributed by atoms with Gasteiger partial charge in [0.1, 0.15) is 0 Å². The van der Waals surface area contributed by atoms with Gasteiger partial charge < -0.3 is 10.4 Å². The molecule has 142 valence electrons. The number of anilines is 1. The molecular formula is C17H23ClN4O3S. The lowest BCUT2D eigenvalue weighted by atomic mass is 10.00. The summed E-state index contributed by atoms with van der Waals surface area (Å²) in [5.74, 6) is 0.193. The predicted octanol–water partition coefficient (Wildman–Crippen LogP) is 2.08. The van der Waals surface area contributed by atoms with E-state index in [0.29, 0.717) is 43.2 Å². The molecule has 1 fully saturated rings. The highest BCUT2D eigenvalue weighted by atomic mass is 35.5. The van der Waals surface area contributed by atoms with Crippen LogP contribution >= 0.6 is 11.6 Å². The lowest BCUT2D eigenvalue weighted by Crippen LogP contribution is -2.39. The van der Waals surface area contributed by atoms with Gasteiger partial charge in [-0.25, -0.2) is 8.42 Å². The van der Waals surface area contributed by atoms with Crippen LogP contribution in [0.25, 0.3) is 0 Å². The summed E-state index contributed by atoms with van der Waals surface area (Å²) in [6.45, 7) is 1.44. The maximum Gasteiger partial charge on any atom is 0.243 e. The molecule has 0 aliphatic carbocycles. The molecule has 1 saturated heterocycles. The number of hydrogen-bond acceptors (Lipinski definition) is 5. The number of aliphatic hydroxyl groups is 1. The molecule has 2 N–H and O–H groups in total. The first-order valence-electron chi connectivity index (χ1n) is 8.53. The predicted molar refractivity (Wildman–Crippen MR) is 101 cm³/mol. The third kappa shape index (κ3) is 4.03. The van der Waals surface area contributed by atoms with Crippen molar-refractivity contribution < 1.29 is 13.5 Å². The number of benzene rings is 1. The second kappa shape index (κ2) is 7.96. The van der Waals surface area contributed by atoms with Gasteiger partial charge >= 0.3 is 0 Å². The fourth-order valence-corrected chi connectivity index (χ4v) is 4.82. The largest absolute Gasteiger partial charge is 0.396 e. The third-order valence-electron chi connectivity index (χ3n) is 4.77. The van der Waals surface area contributed by atoms with Gasteiger partial charge in [-0.15, -0.1) is 0 Å². The number of halogens is 1. The van der Waals surface area contributed by atoms with E-state index in [1.807, 2.05) is 6.07 Å². The maximum absolute atomic E-state index is 12.9. The lowest BCUT2D eigenvalue weighted by molar-refractivity contribution is 0.170. The highest BCUT2D eigenvalue weighted by molar-refractivity contribution is 7.89. The fourth-order valence-electron chi connectivity index (χ4n) is 3.07. The normalized spacial score (nSPS) is 16.7. The van der Waals surface area contributed by atoms with E-state index in [9.17, 15) is 13.5 Å². The van der Waals surface area contributed by atoms with Gasteiger partial charge in [-0.2, -0.15) is 9.40 Å². The fraction of sp³-hybridized carbons (Fsp3) is 0.471. The molecule has 1 aromatic carbocycles. The average molecular weight is 399 g/mol. The molecule has 3 rings (SSSR count). The summed E-state index contributed by atoms with van der Waals surface area (Å²) < 4.78 is 28.9. The Morgan fingerprint density at radius 3 is 2.69 bits per heavy atom. The van der Waals surface area contributed by atoms with Crippen LogP contribution in [0, 0.1) is 5.92 Å². The molecule has 0 amide bonds. The molecule has 0 spiro atoms. The first-order chi connectivity index (χ1) is 12.4. The van der Waals surface area contributed by atoms with Gasteiger partial charge in [0.15, 0.2) is 0 Å². The molecule has 26 heavy (non-hydrogen) atoms. The second-order valence-corrected chi connectivity index (χ2v) is 8.82. The highest BCUT2D eigenvalue weighted by Crippen LogP contribution is 2.25. The summed E-state index contributed by atoms with van der Waals surface area (Å²) in [5.41, 5.74) is 1.53. The topological polar surface area (TPSA) is 87.5 Å². The molecule has 1 aliphatic rings. The Morgan fingerprint density at radius 1 is 1.35 bits per heavy atom. The van der Waals surface area contributed by atoms with E-state index in [0.717, 1.165) is 5.69 Å². The van der Waals surface area contributed by atoms with Gasteiger partial charge in [0.25, 0.3) is 0 Å². The van der Waals surface area contributed by atoms with Gasteiger partial charge in [0.05, 0.1) is 28.4 Å². The van der Waals surface area contributed by atoms with Gasteiger partial charge in [0.2, 0.25) is 10.0 Å². The van der Waals surface area contributed by atoms with Crippen LogP contribution in [0.5, 0.6) is 0 Å². The van der Waals surface area contributed by atoms with Crippen molar-refractivity contribution in [3.05, 3.63) is 41.2 Å². The van der Waals surface area contributed by atoms with E-state index in [-0.39, 0.29) is 17.4 Å². The zero-order valence-electron chi connectivity index (χ0n) is 14.6. The first-order valence-corrected chi connectivity index (χ1v) is 10.3. The van der Waals surface area contributed by atoms with E-state index in [1.165, 1.54) is 4.31 Å². The van der Waals surface area contributed by atoms with Crippen molar-refractivity contribution in [3.63, 3.8) is 0 Å². The second-order valence-electron chi connectivity index (χ2n) is 6.47. The standard InChI is InChI=1S/C17H23ClN4O3S/c1-21-17(16(18)10-20-21)11-19-14-3-2-4-15(9-14)26(24,25)22-7-5-13(12-23)6-8-22/h2-4,9-10,13,19,23H,5-8,11-12H2,1H3. The number of hydrogen-bond donors (Lipinski definition) is 2. The number of rotatable bonds is 6. The Morgan fingerprint density at radius 2 is 2.08 bits per heavy atom. The quantitative estimate of drug-likeness (QED) is 0.777. The summed E-state index contributed by atoms with van der Waals surface area (Å²) >= 11 is 6.10. The van der Waals surface area contributed by atoms with Crippen molar-refractivity contribution >= 4 is 27.3 Å². The van der Waals surface area contributed by atoms with Gasteiger partial charge in [-0.3, -0.25) is 4.68 Å². The van der Waals surface area contributed by atoms with Crippen molar-refractivity contribution in [2.75, 3.05) is 25.0 Å². The smallest absolute Gasteiger partial charge is 0.243 e. The van der Waals surface area contributed by atoms with Crippen molar-refractivity contribution in [1.29, 1.82) is 0 Å². The van der Waals surface area contributed by atoms with E-state index < -0.39 is 10.0 Å². The highest BCUT2D eigenvalue weighted by Gasteiger charge is 2.29. The monoisotopic (exact) mass is 398 g/mol. The minimum Gasteiger partial charge on any atom is -0.396 e. The van der Waals surface area contributed by atoms with E-state index in [2.05, 4.69) is 10.4 Å². The minimum atomic E-state index is -3.54. The molecule has 2 aromatic rings. The number of nitrogens with zero attached hydrogens (tertiary/aromatic N) is 3. The zero-order valence-corrected chi connectivity index (χ0v) is 16.2. The molecule has 7 nitrogen and oxygen atoms in total. The van der Waals surface area contributed by atoms with Crippen LogP contribution in [0.3, 0.4) is 0 Å². The molecule has 2 heterocycles. The number of aromatic nitrogens is 2. The van der Waals surface area contributed by atoms with Crippen molar-refractivity contribution in [3.8, 4) is 0 Å². The Kier molecular flexibility index (Phi) is 5.86. The van der Waals surface area contributed by atoms with Gasteiger partial charge in [-0.05, 0) is 37.0 Å². The van der Waals surface area contributed by atoms with Crippen molar-refractivity contribution in [2.24, 2.45) is 13.0 Å². The average Bonchev–Trinajstić information content (AvgIpc) is 2.98. The minimum absolute atomic E-state index is 0.115. The number of nitrogens with one attached hydrogen (secondary N) is 1. The SMILES string of the molecule is Cn1ncc(Cl)c1CNc1cccc(S(=O)(=O)N2CCC(CO)CC2)c1. The zero-order chi connectivity index (χ0) is 18.7. The molecule has 0 radical (unpaired) electrons. The summed E-state index contributed by atoms with van der Waals surface area (Å²) in [7, 11) is -1.73. The number of piperidine rings is 1. The summed E-state index contributed by atoms with van der Waals surface area (Å²) in [6, 6.07) is 6.79. The summed E-state index contributed by atoms with van der Waals surface area (Å²) in [4.78, 5) is 0.265. The van der Waals surface area contributed by atoms with Gasteiger partial charge in [-0.1, -0.05) is 17.7 Å². The lowest BCUT2D eigenvalue weighted by Gasteiger charge is -2.30. The third-order valence-corrected chi connectivity index (χ3v) is 6.98. The number of aryl methyl sites for hydroxylation is 1. The summed E-state index contributed by atoms with van der Waals surface area (Å²) in [6.07, 6.45) is 2.95.